The van der Waals surface area contributed by atoms with Crippen LogP contribution in [0.5, 0.6) is 0 Å². The zero-order chi connectivity index (χ0) is 15.9. The molecule has 3 rings (SSSR count). The Morgan fingerprint density at radius 1 is 1.36 bits per heavy atom. The van der Waals surface area contributed by atoms with Crippen LogP contribution in [-0.2, 0) is 16.9 Å². The first kappa shape index (κ1) is 15.5. The van der Waals surface area contributed by atoms with E-state index < -0.39 is 5.54 Å². The van der Waals surface area contributed by atoms with Crippen LogP contribution in [-0.4, -0.2) is 35.0 Å². The van der Waals surface area contributed by atoms with Gasteiger partial charge in [0.1, 0.15) is 0 Å². The number of carbonyl (C=O) groups is 1. The molecule has 2 saturated carbocycles. The van der Waals surface area contributed by atoms with Gasteiger partial charge >= 0.3 is 0 Å². The number of nitrogens with one attached hydrogen (secondary N) is 1. The summed E-state index contributed by atoms with van der Waals surface area (Å²) in [6.45, 7) is 4.47. The molecule has 0 radical (unpaired) electrons. The van der Waals surface area contributed by atoms with Crippen molar-refractivity contribution in [3.8, 4) is 0 Å². The molecular formula is C16H26N4O2. The molecule has 1 amide bonds. The van der Waals surface area contributed by atoms with Crippen LogP contribution in [0.25, 0.3) is 0 Å². The molecule has 2 fully saturated rings. The molecule has 1 aromatic rings. The molecule has 0 aliphatic heterocycles. The van der Waals surface area contributed by atoms with Gasteiger partial charge in [-0.05, 0) is 59.0 Å². The lowest BCUT2D eigenvalue weighted by Gasteiger charge is -2.27. The minimum absolute atomic E-state index is 0.149. The third-order valence-electron chi connectivity index (χ3n) is 4.99. The highest BCUT2D eigenvalue weighted by Crippen LogP contribution is 2.48. The topological polar surface area (TPSA) is 71.3 Å². The lowest BCUT2D eigenvalue weighted by molar-refractivity contribution is -0.128. The second-order valence-corrected chi connectivity index (χ2v) is 7.65. The summed E-state index contributed by atoms with van der Waals surface area (Å²) in [6, 6.07) is 0. The summed E-state index contributed by atoms with van der Waals surface area (Å²) in [5.41, 5.74) is -0.604. The van der Waals surface area contributed by atoms with Gasteiger partial charge in [-0.25, -0.2) is 0 Å². The van der Waals surface area contributed by atoms with E-state index in [-0.39, 0.29) is 11.8 Å². The quantitative estimate of drug-likeness (QED) is 0.900. The highest BCUT2D eigenvalue weighted by atomic mass is 16.5. The SMILES string of the molecule is CN(C)Cc1nc(C(C)(C)NC(=O)C2CC3CCC2C3)no1. The van der Waals surface area contributed by atoms with Crippen molar-refractivity contribution in [3.05, 3.63) is 11.7 Å². The highest BCUT2D eigenvalue weighted by molar-refractivity contribution is 5.80. The molecule has 22 heavy (non-hydrogen) atoms. The maximum absolute atomic E-state index is 12.6. The van der Waals surface area contributed by atoms with Gasteiger partial charge in [-0.2, -0.15) is 4.98 Å². The van der Waals surface area contributed by atoms with Crippen LogP contribution in [0.4, 0.5) is 0 Å². The van der Waals surface area contributed by atoms with Crippen LogP contribution in [0.3, 0.4) is 0 Å². The average molecular weight is 306 g/mol. The monoisotopic (exact) mass is 306 g/mol. The molecule has 1 N–H and O–H groups in total. The minimum Gasteiger partial charge on any atom is -0.344 e. The normalized spacial score (nSPS) is 27.6. The number of amides is 1. The maximum Gasteiger partial charge on any atom is 0.240 e. The second-order valence-electron chi connectivity index (χ2n) is 7.65. The van der Waals surface area contributed by atoms with Gasteiger partial charge in [-0.15, -0.1) is 0 Å². The average Bonchev–Trinajstić information content (AvgIpc) is 3.12. The molecule has 0 saturated heterocycles. The van der Waals surface area contributed by atoms with Gasteiger partial charge in [0, 0.05) is 5.92 Å². The first-order valence-electron chi connectivity index (χ1n) is 8.15. The molecule has 2 aliphatic carbocycles. The van der Waals surface area contributed by atoms with Gasteiger partial charge in [0.2, 0.25) is 11.8 Å². The van der Waals surface area contributed by atoms with Crippen LogP contribution >= 0.6 is 0 Å². The second kappa shape index (κ2) is 5.65. The highest BCUT2D eigenvalue weighted by Gasteiger charge is 2.44. The molecule has 3 unspecified atom stereocenters. The molecule has 6 heteroatoms. The van der Waals surface area contributed by atoms with E-state index >= 15 is 0 Å². The first-order chi connectivity index (χ1) is 10.3. The van der Waals surface area contributed by atoms with Gasteiger partial charge in [-0.1, -0.05) is 11.6 Å². The van der Waals surface area contributed by atoms with Gasteiger partial charge in [0.05, 0.1) is 12.1 Å². The molecule has 6 nitrogen and oxygen atoms in total. The van der Waals surface area contributed by atoms with Crippen LogP contribution in [0.1, 0.15) is 51.2 Å². The number of hydrogen-bond donors (Lipinski definition) is 1. The van der Waals surface area contributed by atoms with Crippen LogP contribution in [0, 0.1) is 17.8 Å². The Labute approximate surface area is 131 Å². The summed E-state index contributed by atoms with van der Waals surface area (Å²) in [5.74, 6) is 2.78. The van der Waals surface area contributed by atoms with Crippen molar-refractivity contribution in [1.29, 1.82) is 0 Å². The Kier molecular flexibility index (Phi) is 3.97. The molecule has 122 valence electrons. The van der Waals surface area contributed by atoms with E-state index in [1.165, 1.54) is 19.3 Å². The lowest BCUT2D eigenvalue weighted by atomic mass is 9.87. The number of carbonyl (C=O) groups excluding carboxylic acids is 1. The molecular weight excluding hydrogens is 280 g/mol. The summed E-state index contributed by atoms with van der Waals surface area (Å²) in [5, 5.41) is 7.17. The summed E-state index contributed by atoms with van der Waals surface area (Å²) in [6.07, 6.45) is 4.79. The van der Waals surface area contributed by atoms with Gasteiger partial charge in [-0.3, -0.25) is 4.79 Å². The molecule has 2 aliphatic rings. The summed E-state index contributed by atoms with van der Waals surface area (Å²) in [4.78, 5) is 19.0. The van der Waals surface area contributed by atoms with E-state index in [1.54, 1.807) is 0 Å². The Balaban J connectivity index is 1.65. The lowest BCUT2D eigenvalue weighted by Crippen LogP contribution is -2.45. The fourth-order valence-corrected chi connectivity index (χ4v) is 3.87. The van der Waals surface area contributed by atoms with Gasteiger partial charge in [0.15, 0.2) is 5.82 Å². The van der Waals surface area contributed by atoms with Crippen molar-refractivity contribution in [2.24, 2.45) is 17.8 Å². The molecule has 3 atom stereocenters. The predicted octanol–water partition coefficient (Wildman–Crippen LogP) is 1.92. The zero-order valence-corrected chi connectivity index (χ0v) is 13.9. The van der Waals surface area contributed by atoms with E-state index in [9.17, 15) is 4.79 Å². The van der Waals surface area contributed by atoms with E-state index in [1.807, 2.05) is 32.8 Å². The summed E-state index contributed by atoms with van der Waals surface area (Å²) in [7, 11) is 3.90. The van der Waals surface area contributed by atoms with Crippen molar-refractivity contribution in [2.45, 2.75) is 51.6 Å². The minimum atomic E-state index is -0.604. The van der Waals surface area contributed by atoms with Gasteiger partial charge in [0.25, 0.3) is 0 Å². The van der Waals surface area contributed by atoms with Gasteiger partial charge < -0.3 is 14.7 Å². The number of fused-ring (bicyclic) bond motifs is 2. The smallest absolute Gasteiger partial charge is 0.240 e. The van der Waals surface area contributed by atoms with E-state index in [0.717, 1.165) is 12.3 Å². The summed E-state index contributed by atoms with van der Waals surface area (Å²) >= 11 is 0. The van der Waals surface area contributed by atoms with Crippen LogP contribution in [0.2, 0.25) is 0 Å². The fraction of sp³-hybridized carbons (Fsp3) is 0.812. The number of nitrogens with zero attached hydrogens (tertiary/aromatic N) is 3. The van der Waals surface area contributed by atoms with E-state index in [2.05, 4.69) is 15.5 Å². The molecule has 0 spiro atoms. The van der Waals surface area contributed by atoms with Crippen molar-refractivity contribution in [1.82, 2.24) is 20.4 Å². The largest absolute Gasteiger partial charge is 0.344 e. The fourth-order valence-electron chi connectivity index (χ4n) is 3.87. The number of aromatic nitrogens is 2. The molecule has 2 bridgehead atoms. The molecule has 1 aromatic heterocycles. The third-order valence-corrected chi connectivity index (χ3v) is 4.99. The Hall–Kier alpha value is -1.43. The zero-order valence-electron chi connectivity index (χ0n) is 13.9. The molecule has 1 heterocycles. The summed E-state index contributed by atoms with van der Waals surface area (Å²) < 4.78 is 5.26. The Bertz CT molecular complexity index is 552. The van der Waals surface area contributed by atoms with Crippen molar-refractivity contribution >= 4 is 5.91 Å². The van der Waals surface area contributed by atoms with Crippen LogP contribution < -0.4 is 5.32 Å². The van der Waals surface area contributed by atoms with E-state index in [0.29, 0.717) is 24.2 Å². The number of rotatable bonds is 5. The van der Waals surface area contributed by atoms with Crippen molar-refractivity contribution < 1.29 is 9.32 Å². The maximum atomic E-state index is 12.6. The predicted molar refractivity (Wildman–Crippen MR) is 81.8 cm³/mol. The van der Waals surface area contributed by atoms with Crippen LogP contribution in [0.15, 0.2) is 4.52 Å². The van der Waals surface area contributed by atoms with Crippen molar-refractivity contribution in [3.63, 3.8) is 0 Å². The van der Waals surface area contributed by atoms with Crippen molar-refractivity contribution in [2.75, 3.05) is 14.1 Å². The van der Waals surface area contributed by atoms with E-state index in [4.69, 9.17) is 4.52 Å². The standard InChI is InChI=1S/C16H26N4O2/c1-16(2,15-17-13(22-19-15)9-20(3)4)18-14(21)12-8-10-5-6-11(12)7-10/h10-12H,5-9H2,1-4H3,(H,18,21). The Morgan fingerprint density at radius 3 is 2.73 bits per heavy atom. The molecule has 0 aromatic carbocycles. The number of hydrogen-bond acceptors (Lipinski definition) is 5. The Morgan fingerprint density at radius 2 is 2.14 bits per heavy atom. The first-order valence-corrected chi connectivity index (χ1v) is 8.15. The third kappa shape index (κ3) is 3.02.